The van der Waals surface area contributed by atoms with Gasteiger partial charge in [-0.2, -0.15) is 0 Å². The van der Waals surface area contributed by atoms with Crippen LogP contribution in [0.3, 0.4) is 0 Å². The van der Waals surface area contributed by atoms with Gasteiger partial charge >= 0.3 is 0 Å². The number of rotatable bonds is 6. The van der Waals surface area contributed by atoms with E-state index in [1.807, 2.05) is 13.2 Å². The number of likely N-dealkylation sites (N-methyl/N-ethyl adjacent to an activating group) is 1. The molecule has 6 heteroatoms. The van der Waals surface area contributed by atoms with Crippen LogP contribution in [0.25, 0.3) is 5.65 Å². The van der Waals surface area contributed by atoms with Gasteiger partial charge in [-0.3, -0.25) is 0 Å². The SMILES string of the molecule is CNC/C(N)=C/N(N)Cc1cn2cc(C3CC3)ccc2n1. The summed E-state index contributed by atoms with van der Waals surface area (Å²) in [4.78, 5) is 4.58. The molecule has 1 aliphatic carbocycles. The molecule has 6 nitrogen and oxygen atoms in total. The lowest BCUT2D eigenvalue weighted by Gasteiger charge is -2.13. The summed E-state index contributed by atoms with van der Waals surface area (Å²) >= 11 is 0. The highest BCUT2D eigenvalue weighted by Crippen LogP contribution is 2.39. The summed E-state index contributed by atoms with van der Waals surface area (Å²) in [6, 6.07) is 4.25. The average molecular weight is 286 g/mol. The Morgan fingerprint density at radius 1 is 1.48 bits per heavy atom. The highest BCUT2D eigenvalue weighted by molar-refractivity contribution is 5.42. The van der Waals surface area contributed by atoms with Crippen LogP contribution in [0.4, 0.5) is 0 Å². The van der Waals surface area contributed by atoms with E-state index in [1.165, 1.54) is 18.4 Å². The van der Waals surface area contributed by atoms with Crippen molar-refractivity contribution in [2.24, 2.45) is 11.6 Å². The molecule has 2 aromatic rings. The van der Waals surface area contributed by atoms with Crippen LogP contribution in [0.1, 0.15) is 30.0 Å². The maximum atomic E-state index is 5.95. The number of nitrogens with zero attached hydrogens (tertiary/aromatic N) is 3. The molecule has 0 radical (unpaired) electrons. The summed E-state index contributed by atoms with van der Waals surface area (Å²) in [5.74, 6) is 6.69. The van der Waals surface area contributed by atoms with Crippen LogP contribution >= 0.6 is 0 Å². The maximum Gasteiger partial charge on any atom is 0.137 e. The van der Waals surface area contributed by atoms with E-state index >= 15 is 0 Å². The molecule has 2 heterocycles. The predicted octanol–water partition coefficient (Wildman–Crippen LogP) is 0.907. The number of nitrogens with two attached hydrogens (primary N) is 2. The monoisotopic (exact) mass is 286 g/mol. The highest BCUT2D eigenvalue weighted by atomic mass is 15.4. The van der Waals surface area contributed by atoms with Gasteiger partial charge in [-0.1, -0.05) is 6.07 Å². The molecule has 5 N–H and O–H groups in total. The lowest BCUT2D eigenvalue weighted by molar-refractivity contribution is 0.378. The number of aromatic nitrogens is 2. The van der Waals surface area contributed by atoms with E-state index in [9.17, 15) is 0 Å². The normalized spacial score (nSPS) is 15.6. The lowest BCUT2D eigenvalue weighted by atomic mass is 10.2. The minimum absolute atomic E-state index is 0.533. The van der Waals surface area contributed by atoms with Crippen LogP contribution in [-0.4, -0.2) is 28.0 Å². The number of hydrazine groups is 1. The van der Waals surface area contributed by atoms with Gasteiger partial charge in [0.25, 0.3) is 0 Å². The van der Waals surface area contributed by atoms with Crippen molar-refractivity contribution in [3.63, 3.8) is 0 Å². The van der Waals surface area contributed by atoms with Crippen molar-refractivity contribution in [2.45, 2.75) is 25.3 Å². The molecule has 0 atom stereocenters. The lowest BCUT2D eigenvalue weighted by Crippen LogP contribution is -2.28. The first-order chi connectivity index (χ1) is 10.2. The zero-order chi connectivity index (χ0) is 14.8. The van der Waals surface area contributed by atoms with E-state index < -0.39 is 0 Å². The van der Waals surface area contributed by atoms with Gasteiger partial charge < -0.3 is 20.5 Å². The van der Waals surface area contributed by atoms with Gasteiger partial charge in [0.15, 0.2) is 0 Å². The Morgan fingerprint density at radius 3 is 3.00 bits per heavy atom. The van der Waals surface area contributed by atoms with Gasteiger partial charge in [-0.05, 0) is 37.4 Å². The van der Waals surface area contributed by atoms with Crippen LogP contribution in [0.15, 0.2) is 36.4 Å². The van der Waals surface area contributed by atoms with Gasteiger partial charge in [0.05, 0.1) is 12.2 Å². The van der Waals surface area contributed by atoms with E-state index in [0.29, 0.717) is 18.8 Å². The van der Waals surface area contributed by atoms with Crippen molar-refractivity contribution in [3.8, 4) is 0 Å². The Kier molecular flexibility index (Phi) is 3.81. The second kappa shape index (κ2) is 5.75. The summed E-state index contributed by atoms with van der Waals surface area (Å²) in [6.45, 7) is 1.15. The Labute approximate surface area is 124 Å². The van der Waals surface area contributed by atoms with Gasteiger partial charge in [0.1, 0.15) is 5.65 Å². The zero-order valence-corrected chi connectivity index (χ0v) is 12.3. The van der Waals surface area contributed by atoms with Crippen LogP contribution in [0.5, 0.6) is 0 Å². The number of imidazole rings is 1. The van der Waals surface area contributed by atoms with Crippen molar-refractivity contribution in [2.75, 3.05) is 13.6 Å². The molecule has 0 aliphatic heterocycles. The third-order valence-electron chi connectivity index (χ3n) is 3.63. The Bertz CT molecular complexity index is 655. The standard InChI is InChI=1S/C15H22N6/c1-18-6-13(16)8-21(17)10-14-9-20-7-12(11-2-3-11)4-5-15(20)19-14/h4-5,7-9,11,18H,2-3,6,10,16-17H2,1H3/b13-8-. The number of pyridine rings is 1. The molecule has 0 aromatic carbocycles. The molecule has 0 amide bonds. The topological polar surface area (TPSA) is 84.6 Å². The first kappa shape index (κ1) is 13.9. The van der Waals surface area contributed by atoms with E-state index in [2.05, 4.69) is 33.0 Å². The fraction of sp³-hybridized carbons (Fsp3) is 0.400. The van der Waals surface area contributed by atoms with Crippen LogP contribution in [0, 0.1) is 0 Å². The first-order valence-electron chi connectivity index (χ1n) is 7.25. The van der Waals surface area contributed by atoms with Gasteiger partial charge in [0.2, 0.25) is 0 Å². The minimum atomic E-state index is 0.533. The molecule has 0 bridgehead atoms. The molecule has 3 rings (SSSR count). The maximum absolute atomic E-state index is 5.95. The van der Waals surface area contributed by atoms with Crippen molar-refractivity contribution < 1.29 is 0 Å². The Morgan fingerprint density at radius 2 is 2.29 bits per heavy atom. The molecular weight excluding hydrogens is 264 g/mol. The number of nitrogens with one attached hydrogen (secondary N) is 1. The van der Waals surface area contributed by atoms with E-state index in [4.69, 9.17) is 11.6 Å². The number of fused-ring (bicyclic) bond motifs is 1. The van der Waals surface area contributed by atoms with Crippen molar-refractivity contribution >= 4 is 5.65 Å². The smallest absolute Gasteiger partial charge is 0.137 e. The van der Waals surface area contributed by atoms with Gasteiger partial charge in [-0.25, -0.2) is 10.8 Å². The zero-order valence-electron chi connectivity index (χ0n) is 12.3. The average Bonchev–Trinajstić information content (AvgIpc) is 3.19. The molecule has 0 saturated heterocycles. The van der Waals surface area contributed by atoms with E-state index in [-0.39, 0.29) is 0 Å². The van der Waals surface area contributed by atoms with Crippen molar-refractivity contribution in [1.29, 1.82) is 0 Å². The Balaban J connectivity index is 1.73. The summed E-state index contributed by atoms with van der Waals surface area (Å²) in [5, 5.41) is 4.55. The Hall–Kier alpha value is -2.05. The molecule has 0 unspecified atom stereocenters. The molecule has 1 aliphatic rings. The molecular formula is C15H22N6. The molecule has 1 saturated carbocycles. The molecule has 21 heavy (non-hydrogen) atoms. The second-order valence-electron chi connectivity index (χ2n) is 5.64. The first-order valence-corrected chi connectivity index (χ1v) is 7.25. The molecule has 112 valence electrons. The molecule has 0 spiro atoms. The summed E-state index contributed by atoms with van der Waals surface area (Å²) < 4.78 is 2.08. The third kappa shape index (κ3) is 3.34. The minimum Gasteiger partial charge on any atom is -0.400 e. The largest absolute Gasteiger partial charge is 0.400 e. The summed E-state index contributed by atoms with van der Waals surface area (Å²) in [7, 11) is 1.85. The second-order valence-corrected chi connectivity index (χ2v) is 5.64. The summed E-state index contributed by atoms with van der Waals surface area (Å²) in [6.07, 6.45) is 8.55. The van der Waals surface area contributed by atoms with Gasteiger partial charge in [0, 0.05) is 30.8 Å². The summed E-state index contributed by atoms with van der Waals surface area (Å²) in [5.41, 5.74) is 9.80. The number of hydrogen-bond acceptors (Lipinski definition) is 5. The van der Waals surface area contributed by atoms with Crippen LogP contribution < -0.4 is 16.9 Å². The van der Waals surface area contributed by atoms with E-state index in [1.54, 1.807) is 11.2 Å². The quantitative estimate of drug-likeness (QED) is 0.543. The van der Waals surface area contributed by atoms with Crippen molar-refractivity contribution in [3.05, 3.63) is 47.7 Å². The van der Waals surface area contributed by atoms with Crippen molar-refractivity contribution in [1.82, 2.24) is 19.7 Å². The molecule has 2 aromatic heterocycles. The van der Waals surface area contributed by atoms with Crippen LogP contribution in [-0.2, 0) is 6.54 Å². The molecule has 1 fully saturated rings. The van der Waals surface area contributed by atoms with E-state index in [0.717, 1.165) is 17.3 Å². The van der Waals surface area contributed by atoms with Crippen LogP contribution in [0.2, 0.25) is 0 Å². The fourth-order valence-electron chi connectivity index (χ4n) is 2.49. The highest BCUT2D eigenvalue weighted by Gasteiger charge is 2.23. The van der Waals surface area contributed by atoms with Gasteiger partial charge in [-0.15, -0.1) is 0 Å². The third-order valence-corrected chi connectivity index (χ3v) is 3.63. The fourth-order valence-corrected chi connectivity index (χ4v) is 2.49. The number of hydrogen-bond donors (Lipinski definition) is 3. The predicted molar refractivity (Wildman–Crippen MR) is 83.1 cm³/mol.